The average molecular weight is 359 g/mol. The van der Waals surface area contributed by atoms with Crippen molar-refractivity contribution >= 4 is 40.2 Å². The van der Waals surface area contributed by atoms with E-state index in [2.05, 4.69) is 17.2 Å². The van der Waals surface area contributed by atoms with Crippen LogP contribution in [0, 0.1) is 0 Å². The van der Waals surface area contributed by atoms with E-state index in [4.69, 9.17) is 11.6 Å². The second kappa shape index (κ2) is 7.77. The van der Waals surface area contributed by atoms with E-state index < -0.39 is 0 Å². The third-order valence-electron chi connectivity index (χ3n) is 3.84. The monoisotopic (exact) mass is 358 g/mol. The highest BCUT2D eigenvalue weighted by Crippen LogP contribution is 2.23. The highest BCUT2D eigenvalue weighted by atomic mass is 35.5. The number of amides is 1. The molecule has 1 amide bonds. The first-order chi connectivity index (χ1) is 11.7. The summed E-state index contributed by atoms with van der Waals surface area (Å²) in [5, 5.41) is 4.85. The van der Waals surface area contributed by atoms with Gasteiger partial charge in [0.25, 0.3) is 5.91 Å². The smallest absolute Gasteiger partial charge is 0.252 e. The molecule has 0 bridgehead atoms. The lowest BCUT2D eigenvalue weighted by Gasteiger charge is -2.09. The van der Waals surface area contributed by atoms with E-state index in [0.717, 1.165) is 44.1 Å². The predicted octanol–water partition coefficient (Wildman–Crippen LogP) is 4.91. The number of hydrogen-bond acceptors (Lipinski definition) is 2. The Morgan fingerprint density at radius 3 is 2.92 bits per heavy atom. The normalized spacial score (nSPS) is 10.9. The van der Waals surface area contributed by atoms with Crippen molar-refractivity contribution in [2.75, 3.05) is 12.3 Å². The van der Waals surface area contributed by atoms with Crippen LogP contribution in [0.25, 0.3) is 10.9 Å². The maximum Gasteiger partial charge on any atom is 0.252 e. The van der Waals surface area contributed by atoms with Crippen LogP contribution >= 0.6 is 23.4 Å². The first kappa shape index (κ1) is 16.9. The average Bonchev–Trinajstić information content (AvgIpc) is 2.98. The molecule has 0 fully saturated rings. The Hall–Kier alpha value is -1.91. The van der Waals surface area contributed by atoms with Crippen LogP contribution in [0.2, 0.25) is 5.02 Å². The van der Waals surface area contributed by atoms with Gasteiger partial charge in [-0.3, -0.25) is 4.79 Å². The molecule has 0 saturated heterocycles. The van der Waals surface area contributed by atoms with Gasteiger partial charge in [-0.15, -0.1) is 11.8 Å². The fraction of sp³-hybridized carbons (Fsp3) is 0.211. The summed E-state index contributed by atoms with van der Waals surface area (Å²) in [6.07, 6.45) is 2.74. The number of carbonyl (C=O) groups excluding carboxylic acids is 1. The molecule has 0 unspecified atom stereocenters. The summed E-state index contributed by atoms with van der Waals surface area (Å²) in [6.45, 7) is 2.67. The zero-order valence-electron chi connectivity index (χ0n) is 13.4. The van der Waals surface area contributed by atoms with Crippen molar-refractivity contribution in [1.29, 1.82) is 0 Å². The predicted molar refractivity (Wildman–Crippen MR) is 102 cm³/mol. The van der Waals surface area contributed by atoms with Crippen molar-refractivity contribution in [3.8, 4) is 0 Å². The molecule has 0 aliphatic heterocycles. The molecule has 3 rings (SSSR count). The van der Waals surface area contributed by atoms with Crippen LogP contribution in [0.3, 0.4) is 0 Å². The SMILES string of the molecule is CCSc1ccccc1C(=O)NCCc1c[nH]c2ccc(Cl)cc12. The van der Waals surface area contributed by atoms with Crippen molar-refractivity contribution < 1.29 is 4.79 Å². The van der Waals surface area contributed by atoms with E-state index in [9.17, 15) is 4.79 Å². The maximum absolute atomic E-state index is 12.4. The van der Waals surface area contributed by atoms with Gasteiger partial charge < -0.3 is 10.3 Å². The van der Waals surface area contributed by atoms with Crippen molar-refractivity contribution in [3.63, 3.8) is 0 Å². The van der Waals surface area contributed by atoms with Crippen LogP contribution in [0.1, 0.15) is 22.8 Å². The number of rotatable bonds is 6. The molecule has 0 radical (unpaired) electrons. The van der Waals surface area contributed by atoms with Gasteiger partial charge in [0.2, 0.25) is 0 Å². The van der Waals surface area contributed by atoms with Crippen molar-refractivity contribution in [1.82, 2.24) is 10.3 Å². The minimum atomic E-state index is -0.0237. The van der Waals surface area contributed by atoms with Gasteiger partial charge >= 0.3 is 0 Å². The van der Waals surface area contributed by atoms with E-state index in [1.807, 2.05) is 48.7 Å². The number of thioether (sulfide) groups is 1. The molecule has 24 heavy (non-hydrogen) atoms. The van der Waals surface area contributed by atoms with E-state index in [1.54, 1.807) is 11.8 Å². The van der Waals surface area contributed by atoms with Gasteiger partial charge in [-0.05, 0) is 48.1 Å². The summed E-state index contributed by atoms with van der Waals surface area (Å²) < 4.78 is 0. The van der Waals surface area contributed by atoms with Crippen molar-refractivity contribution in [2.45, 2.75) is 18.2 Å². The molecule has 1 aromatic heterocycles. The first-order valence-electron chi connectivity index (χ1n) is 7.94. The third kappa shape index (κ3) is 3.77. The molecule has 0 spiro atoms. The van der Waals surface area contributed by atoms with Crippen molar-refractivity contribution in [2.24, 2.45) is 0 Å². The number of benzene rings is 2. The van der Waals surface area contributed by atoms with Crippen LogP contribution in [0.15, 0.2) is 53.6 Å². The number of carbonyl (C=O) groups is 1. The molecule has 0 saturated carbocycles. The van der Waals surface area contributed by atoms with Crippen LogP contribution in [-0.4, -0.2) is 23.2 Å². The largest absolute Gasteiger partial charge is 0.361 e. The second-order valence-corrected chi connectivity index (χ2v) is 7.18. The molecular formula is C19H19ClN2OS. The van der Waals surface area contributed by atoms with Crippen LogP contribution in [0.5, 0.6) is 0 Å². The van der Waals surface area contributed by atoms with E-state index in [0.29, 0.717) is 6.54 Å². The fourth-order valence-corrected chi connectivity index (χ4v) is 3.67. The van der Waals surface area contributed by atoms with Gasteiger partial charge in [0.05, 0.1) is 5.56 Å². The lowest BCUT2D eigenvalue weighted by atomic mass is 10.1. The number of fused-ring (bicyclic) bond motifs is 1. The fourth-order valence-electron chi connectivity index (χ4n) is 2.70. The number of nitrogens with one attached hydrogen (secondary N) is 2. The van der Waals surface area contributed by atoms with Gasteiger partial charge in [0, 0.05) is 33.6 Å². The summed E-state index contributed by atoms with van der Waals surface area (Å²) in [5.74, 6) is 0.921. The molecule has 5 heteroatoms. The first-order valence-corrected chi connectivity index (χ1v) is 9.31. The zero-order chi connectivity index (χ0) is 16.9. The lowest BCUT2D eigenvalue weighted by Crippen LogP contribution is -2.26. The summed E-state index contributed by atoms with van der Waals surface area (Å²) in [4.78, 5) is 16.7. The molecule has 0 atom stereocenters. The molecule has 3 aromatic rings. The van der Waals surface area contributed by atoms with Gasteiger partial charge in [-0.2, -0.15) is 0 Å². The van der Waals surface area contributed by atoms with E-state index in [1.165, 1.54) is 0 Å². The molecule has 124 valence electrons. The lowest BCUT2D eigenvalue weighted by molar-refractivity contribution is 0.0951. The topological polar surface area (TPSA) is 44.9 Å². The molecule has 3 nitrogen and oxygen atoms in total. The van der Waals surface area contributed by atoms with Gasteiger partial charge in [-0.1, -0.05) is 30.7 Å². The van der Waals surface area contributed by atoms with Gasteiger partial charge in [-0.25, -0.2) is 0 Å². The molecule has 0 aliphatic rings. The highest BCUT2D eigenvalue weighted by molar-refractivity contribution is 7.99. The molecular weight excluding hydrogens is 340 g/mol. The Morgan fingerprint density at radius 1 is 1.25 bits per heavy atom. The van der Waals surface area contributed by atoms with Crippen LogP contribution in [0.4, 0.5) is 0 Å². The molecule has 1 heterocycles. The standard InChI is InChI=1S/C19H19ClN2OS/c1-2-24-18-6-4-3-5-15(18)19(23)21-10-9-13-12-22-17-8-7-14(20)11-16(13)17/h3-8,11-12,22H,2,9-10H2,1H3,(H,21,23). The minimum Gasteiger partial charge on any atom is -0.361 e. The zero-order valence-corrected chi connectivity index (χ0v) is 15.0. The Balaban J connectivity index is 1.65. The molecule has 2 aromatic carbocycles. The Bertz CT molecular complexity index is 859. The summed E-state index contributed by atoms with van der Waals surface area (Å²) in [7, 11) is 0. The molecule has 0 aliphatic carbocycles. The second-order valence-electron chi connectivity index (χ2n) is 5.44. The van der Waals surface area contributed by atoms with Crippen LogP contribution < -0.4 is 5.32 Å². The Kier molecular flexibility index (Phi) is 5.48. The van der Waals surface area contributed by atoms with Gasteiger partial charge in [0.15, 0.2) is 0 Å². The maximum atomic E-state index is 12.4. The minimum absolute atomic E-state index is 0.0237. The van der Waals surface area contributed by atoms with Crippen molar-refractivity contribution in [3.05, 3.63) is 64.8 Å². The third-order valence-corrected chi connectivity index (χ3v) is 5.03. The Morgan fingerprint density at radius 2 is 2.08 bits per heavy atom. The number of aromatic nitrogens is 1. The quantitative estimate of drug-likeness (QED) is 0.615. The number of H-pyrrole nitrogens is 1. The summed E-state index contributed by atoms with van der Waals surface area (Å²) in [5.41, 5.74) is 2.96. The summed E-state index contributed by atoms with van der Waals surface area (Å²) in [6, 6.07) is 13.5. The number of aromatic amines is 1. The Labute approximate surface area is 150 Å². The number of halogens is 1. The highest BCUT2D eigenvalue weighted by Gasteiger charge is 2.11. The summed E-state index contributed by atoms with van der Waals surface area (Å²) >= 11 is 7.76. The van der Waals surface area contributed by atoms with E-state index in [-0.39, 0.29) is 5.91 Å². The number of hydrogen-bond donors (Lipinski definition) is 2. The van der Waals surface area contributed by atoms with E-state index >= 15 is 0 Å². The molecule has 2 N–H and O–H groups in total. The van der Waals surface area contributed by atoms with Gasteiger partial charge in [0.1, 0.15) is 0 Å². The van der Waals surface area contributed by atoms with Crippen LogP contribution in [-0.2, 0) is 6.42 Å².